The van der Waals surface area contributed by atoms with Gasteiger partial charge in [-0.05, 0) is 17.7 Å². The molecule has 126 valence electrons. The lowest BCUT2D eigenvalue weighted by Crippen LogP contribution is -2.53. The molecule has 2 N–H and O–H groups in total. The number of halogens is 3. The fourth-order valence-corrected chi connectivity index (χ4v) is 3.88. The first-order valence-electron chi connectivity index (χ1n) is 6.77. The van der Waals surface area contributed by atoms with Crippen molar-refractivity contribution in [3.63, 3.8) is 0 Å². The zero-order valence-corrected chi connectivity index (χ0v) is 12.9. The maximum absolute atomic E-state index is 14.1. The molecule has 3 rings (SSSR count). The number of benzene rings is 1. The quantitative estimate of drug-likeness (QED) is 0.784. The number of primary sulfonamides is 1. The third-order valence-electron chi connectivity index (χ3n) is 3.73. The van der Waals surface area contributed by atoms with E-state index in [9.17, 15) is 21.6 Å². The largest absolute Gasteiger partial charge is 0.419 e. The Morgan fingerprint density at radius 1 is 1.00 bits per heavy atom. The molecule has 0 aliphatic carbocycles. The van der Waals surface area contributed by atoms with Crippen LogP contribution < -0.4 is 5.14 Å². The van der Waals surface area contributed by atoms with Gasteiger partial charge in [0.2, 0.25) is 14.8 Å². The van der Waals surface area contributed by atoms with Crippen LogP contribution in [0.3, 0.4) is 0 Å². The number of fused-ring (bicyclic) bond motifs is 1. The number of nitrogens with two attached hydrogens (primary N) is 1. The number of pyridine rings is 1. The highest BCUT2D eigenvalue weighted by molar-refractivity contribution is 7.90. The van der Waals surface area contributed by atoms with Crippen LogP contribution in [0.1, 0.15) is 11.3 Å². The van der Waals surface area contributed by atoms with Crippen LogP contribution in [0.5, 0.6) is 0 Å². The number of sulfonamides is 1. The van der Waals surface area contributed by atoms with Crippen molar-refractivity contribution in [2.45, 2.75) is 10.9 Å². The number of imidazole rings is 1. The normalized spacial score (nSPS) is 15.3. The minimum atomic E-state index is -5.21. The van der Waals surface area contributed by atoms with Gasteiger partial charge in [0.1, 0.15) is 5.65 Å². The van der Waals surface area contributed by atoms with Gasteiger partial charge in [-0.1, -0.05) is 36.4 Å². The minimum absolute atomic E-state index is 0.181. The van der Waals surface area contributed by atoms with E-state index in [4.69, 9.17) is 5.14 Å². The molecule has 0 aliphatic heterocycles. The highest BCUT2D eigenvalue weighted by atomic mass is 32.2. The molecule has 2 aromatic heterocycles. The van der Waals surface area contributed by atoms with Gasteiger partial charge in [-0.25, -0.2) is 18.5 Å². The average Bonchev–Trinajstić information content (AvgIpc) is 2.89. The van der Waals surface area contributed by atoms with Crippen molar-refractivity contribution in [2.75, 3.05) is 0 Å². The second-order valence-electron chi connectivity index (χ2n) is 5.18. The molecule has 5 nitrogen and oxygen atoms in total. The van der Waals surface area contributed by atoms with Crippen molar-refractivity contribution in [3.8, 4) is 0 Å². The van der Waals surface area contributed by atoms with Crippen molar-refractivity contribution in [1.82, 2.24) is 9.38 Å². The van der Waals surface area contributed by atoms with Gasteiger partial charge in [-0.15, -0.1) is 0 Å². The van der Waals surface area contributed by atoms with Crippen molar-refractivity contribution < 1.29 is 21.6 Å². The van der Waals surface area contributed by atoms with E-state index in [2.05, 4.69) is 4.98 Å². The number of aromatic nitrogens is 2. The standard InChI is InChI=1S/C15H12F3N3O2S/c16-15(17,18)14(24(19,22)23,11-6-2-1-3-7-11)12-10-21-9-5-4-8-13(21)20-12/h1-10H,(H2,19,22,23). The summed E-state index contributed by atoms with van der Waals surface area (Å²) >= 11 is 0. The summed E-state index contributed by atoms with van der Waals surface area (Å²) in [6.07, 6.45) is -2.71. The molecule has 0 saturated heterocycles. The summed E-state index contributed by atoms with van der Waals surface area (Å²) in [5, 5.41) is 5.09. The Kier molecular flexibility index (Phi) is 3.65. The second-order valence-corrected chi connectivity index (χ2v) is 6.88. The van der Waals surface area contributed by atoms with Gasteiger partial charge < -0.3 is 4.40 Å². The van der Waals surface area contributed by atoms with E-state index in [0.29, 0.717) is 0 Å². The van der Waals surface area contributed by atoms with E-state index in [1.54, 1.807) is 12.1 Å². The molecule has 2 heterocycles. The van der Waals surface area contributed by atoms with Crippen LogP contribution in [-0.2, 0) is 14.8 Å². The van der Waals surface area contributed by atoms with E-state index >= 15 is 0 Å². The van der Waals surface area contributed by atoms with Gasteiger partial charge in [-0.3, -0.25) is 0 Å². The van der Waals surface area contributed by atoms with Gasteiger partial charge in [0, 0.05) is 12.4 Å². The van der Waals surface area contributed by atoms with E-state index in [0.717, 1.165) is 18.3 Å². The van der Waals surface area contributed by atoms with Gasteiger partial charge >= 0.3 is 6.18 Å². The molecular formula is C15H12F3N3O2S. The number of alkyl halides is 3. The Hall–Kier alpha value is -2.39. The molecule has 9 heteroatoms. The van der Waals surface area contributed by atoms with Crippen LogP contribution in [-0.4, -0.2) is 24.0 Å². The molecule has 0 amide bonds. The molecule has 0 radical (unpaired) electrons. The summed E-state index contributed by atoms with van der Waals surface area (Å²) in [4.78, 5) is 3.88. The fourth-order valence-electron chi connectivity index (χ4n) is 2.71. The SMILES string of the molecule is NS(=O)(=O)C(c1ccccc1)(c1cn2ccccc2n1)C(F)(F)F. The van der Waals surface area contributed by atoms with Crippen LogP contribution >= 0.6 is 0 Å². The van der Waals surface area contributed by atoms with Crippen LogP contribution in [0.4, 0.5) is 13.2 Å². The van der Waals surface area contributed by atoms with E-state index < -0.39 is 32.2 Å². The summed E-state index contributed by atoms with van der Waals surface area (Å²) in [6, 6.07) is 10.9. The average molecular weight is 355 g/mol. The molecule has 0 bridgehead atoms. The first kappa shape index (κ1) is 16.5. The molecule has 3 aromatic rings. The number of hydrogen-bond donors (Lipinski definition) is 1. The molecule has 1 aromatic carbocycles. The lowest BCUT2D eigenvalue weighted by Gasteiger charge is -2.32. The van der Waals surface area contributed by atoms with Gasteiger partial charge in [0.05, 0.1) is 5.69 Å². The Morgan fingerprint density at radius 3 is 2.17 bits per heavy atom. The molecule has 1 unspecified atom stereocenters. The Bertz CT molecular complexity index is 951. The Labute approximate surface area is 135 Å². The van der Waals surface area contributed by atoms with Crippen molar-refractivity contribution in [3.05, 3.63) is 72.2 Å². The molecule has 0 saturated carbocycles. The smallest absolute Gasteiger partial charge is 0.307 e. The van der Waals surface area contributed by atoms with Gasteiger partial charge in [0.25, 0.3) is 0 Å². The Morgan fingerprint density at radius 2 is 1.62 bits per heavy atom. The Balaban J connectivity index is 2.46. The third kappa shape index (κ3) is 2.28. The summed E-state index contributed by atoms with van der Waals surface area (Å²) in [5.74, 6) is 0. The molecule has 0 fully saturated rings. The van der Waals surface area contributed by atoms with E-state index in [1.807, 2.05) is 0 Å². The predicted molar refractivity (Wildman–Crippen MR) is 81.6 cm³/mol. The van der Waals surface area contributed by atoms with Gasteiger partial charge in [-0.2, -0.15) is 13.2 Å². The number of rotatable bonds is 3. The molecular weight excluding hydrogens is 343 g/mol. The maximum atomic E-state index is 14.1. The van der Waals surface area contributed by atoms with Gasteiger partial charge in [0.15, 0.2) is 0 Å². The molecule has 1 atom stereocenters. The van der Waals surface area contributed by atoms with Crippen molar-refractivity contribution in [2.24, 2.45) is 5.14 Å². The van der Waals surface area contributed by atoms with Crippen molar-refractivity contribution >= 4 is 15.7 Å². The first-order chi connectivity index (χ1) is 11.2. The third-order valence-corrected chi connectivity index (χ3v) is 5.26. The van der Waals surface area contributed by atoms with Crippen LogP contribution in [0.2, 0.25) is 0 Å². The summed E-state index contributed by atoms with van der Waals surface area (Å²) in [5.41, 5.74) is -1.03. The molecule has 24 heavy (non-hydrogen) atoms. The minimum Gasteiger partial charge on any atom is -0.307 e. The topological polar surface area (TPSA) is 77.5 Å². The van der Waals surface area contributed by atoms with Crippen LogP contribution in [0.15, 0.2) is 60.9 Å². The fraction of sp³-hybridized carbons (Fsp3) is 0.133. The lowest BCUT2D eigenvalue weighted by molar-refractivity contribution is -0.154. The molecule has 0 aliphatic rings. The maximum Gasteiger partial charge on any atom is 0.419 e. The van der Waals surface area contributed by atoms with E-state index in [1.165, 1.54) is 34.9 Å². The van der Waals surface area contributed by atoms with E-state index in [-0.39, 0.29) is 5.65 Å². The molecule has 0 spiro atoms. The predicted octanol–water partition coefficient (Wildman–Crippen LogP) is 2.43. The zero-order chi connectivity index (χ0) is 17.6. The highest BCUT2D eigenvalue weighted by Gasteiger charge is 2.66. The number of hydrogen-bond acceptors (Lipinski definition) is 3. The zero-order valence-electron chi connectivity index (χ0n) is 12.1. The lowest BCUT2D eigenvalue weighted by atomic mass is 9.94. The first-order valence-corrected chi connectivity index (χ1v) is 8.31. The van der Waals surface area contributed by atoms with Crippen LogP contribution in [0.25, 0.3) is 5.65 Å². The van der Waals surface area contributed by atoms with Crippen LogP contribution in [0, 0.1) is 0 Å². The summed E-state index contributed by atoms with van der Waals surface area (Å²) in [6.45, 7) is 0. The second kappa shape index (κ2) is 5.32. The van der Waals surface area contributed by atoms with Crippen molar-refractivity contribution in [1.29, 1.82) is 0 Å². The summed E-state index contributed by atoms with van der Waals surface area (Å²) in [7, 11) is -5.14. The highest BCUT2D eigenvalue weighted by Crippen LogP contribution is 2.48. The summed E-state index contributed by atoms with van der Waals surface area (Å²) < 4.78 is 64.4. The monoisotopic (exact) mass is 355 g/mol. The number of nitrogens with zero attached hydrogens (tertiary/aromatic N) is 2.